The van der Waals surface area contributed by atoms with Gasteiger partial charge in [0.05, 0.1) is 0 Å². The highest BCUT2D eigenvalue weighted by Crippen LogP contribution is 2.67. The molecule has 98 valence electrons. The van der Waals surface area contributed by atoms with Gasteiger partial charge >= 0.3 is 0 Å². The average molecular weight is 252 g/mol. The maximum Gasteiger partial charge on any atom is 0.129 e. The maximum absolute atomic E-state index is 6.32. The second-order valence-electron chi connectivity index (χ2n) is 7.20. The van der Waals surface area contributed by atoms with E-state index in [-0.39, 0.29) is 16.6 Å². The summed E-state index contributed by atoms with van der Waals surface area (Å²) >= 11 is 0. The predicted octanol–water partition coefficient (Wildman–Crippen LogP) is 4.14. The van der Waals surface area contributed by atoms with Crippen molar-refractivity contribution in [1.29, 1.82) is 0 Å². The minimum atomic E-state index is -0.108. The van der Waals surface area contributed by atoms with Gasteiger partial charge in [-0.25, -0.2) is 0 Å². The Bertz CT molecular complexity index is 644. The molecule has 0 amide bonds. The summed E-state index contributed by atoms with van der Waals surface area (Å²) in [5, 5.41) is 0. The zero-order valence-electron chi connectivity index (χ0n) is 12.1. The van der Waals surface area contributed by atoms with Gasteiger partial charge in [-0.3, -0.25) is 0 Å². The zero-order chi connectivity index (χ0) is 13.5. The topological polar surface area (TPSA) is 12.5 Å². The van der Waals surface area contributed by atoms with Crippen LogP contribution in [-0.2, 0) is 11.2 Å². The van der Waals surface area contributed by atoms with Gasteiger partial charge in [0.25, 0.3) is 0 Å². The fraction of sp³-hybridized carbons (Fsp3) is 0.444. The van der Waals surface area contributed by atoms with Crippen LogP contribution in [-0.4, -0.2) is 11.2 Å². The second kappa shape index (κ2) is 3.04. The Morgan fingerprint density at radius 1 is 1.16 bits per heavy atom. The van der Waals surface area contributed by atoms with Crippen LogP contribution in [0.3, 0.4) is 0 Å². The third-order valence-electron chi connectivity index (χ3n) is 5.07. The van der Waals surface area contributed by atoms with Gasteiger partial charge in [0.1, 0.15) is 11.2 Å². The van der Waals surface area contributed by atoms with Gasteiger partial charge in [-0.1, -0.05) is 51.1 Å². The standard InChI is InChI=1S/C18H20O/c1-16(2,3)18-15-11-12-7-5-6-8-13(12)14(15)9-10-17(18,4)19-18/h5-10H,11H2,1-4H3. The fourth-order valence-corrected chi connectivity index (χ4v) is 4.29. The molecular formula is C18H20O. The largest absolute Gasteiger partial charge is 0.353 e. The number of hydrogen-bond donors (Lipinski definition) is 0. The quantitative estimate of drug-likeness (QED) is 0.632. The molecule has 1 fully saturated rings. The lowest BCUT2D eigenvalue weighted by atomic mass is 9.66. The van der Waals surface area contributed by atoms with Crippen molar-refractivity contribution in [3.8, 4) is 0 Å². The van der Waals surface area contributed by atoms with E-state index < -0.39 is 0 Å². The van der Waals surface area contributed by atoms with Gasteiger partial charge in [-0.05, 0) is 47.1 Å². The number of benzene rings is 1. The molecule has 1 heterocycles. The SMILES string of the molecule is CC(C)(C)C12OC1(C)C=CC1=C2Cc2ccccc21. The lowest BCUT2D eigenvalue weighted by molar-refractivity contribution is 0.186. The van der Waals surface area contributed by atoms with E-state index in [1.807, 2.05) is 0 Å². The summed E-state index contributed by atoms with van der Waals surface area (Å²) in [5.74, 6) is 0. The smallest absolute Gasteiger partial charge is 0.129 e. The van der Waals surface area contributed by atoms with Crippen LogP contribution in [0.5, 0.6) is 0 Å². The number of ether oxygens (including phenoxy) is 1. The highest BCUT2D eigenvalue weighted by molar-refractivity contribution is 5.87. The molecule has 1 aromatic carbocycles. The minimum Gasteiger partial charge on any atom is -0.353 e. The molecular weight excluding hydrogens is 232 g/mol. The molecule has 0 bridgehead atoms. The number of hydrogen-bond acceptors (Lipinski definition) is 1. The first-order valence-electron chi connectivity index (χ1n) is 7.10. The molecule has 1 heteroatoms. The summed E-state index contributed by atoms with van der Waals surface area (Å²) in [7, 11) is 0. The van der Waals surface area contributed by atoms with E-state index >= 15 is 0 Å². The van der Waals surface area contributed by atoms with Crippen LogP contribution < -0.4 is 0 Å². The molecule has 1 aromatic rings. The van der Waals surface area contributed by atoms with Crippen LogP contribution in [0.25, 0.3) is 5.57 Å². The van der Waals surface area contributed by atoms with Crippen molar-refractivity contribution in [3.63, 3.8) is 0 Å². The second-order valence-corrected chi connectivity index (χ2v) is 7.20. The highest BCUT2D eigenvalue weighted by atomic mass is 16.6. The molecule has 0 radical (unpaired) electrons. The predicted molar refractivity (Wildman–Crippen MR) is 77.9 cm³/mol. The maximum atomic E-state index is 6.32. The molecule has 0 N–H and O–H groups in total. The number of allylic oxidation sites excluding steroid dienone is 2. The Labute approximate surface area is 115 Å². The van der Waals surface area contributed by atoms with Crippen molar-refractivity contribution in [2.45, 2.75) is 45.3 Å². The lowest BCUT2D eigenvalue weighted by Gasteiger charge is -2.33. The molecule has 19 heavy (non-hydrogen) atoms. The van der Waals surface area contributed by atoms with Crippen LogP contribution in [0, 0.1) is 5.41 Å². The number of epoxide rings is 1. The Morgan fingerprint density at radius 2 is 1.89 bits per heavy atom. The first kappa shape index (κ1) is 11.5. The fourth-order valence-electron chi connectivity index (χ4n) is 4.29. The third-order valence-corrected chi connectivity index (χ3v) is 5.07. The lowest BCUT2D eigenvalue weighted by Crippen LogP contribution is -2.39. The molecule has 1 saturated heterocycles. The van der Waals surface area contributed by atoms with Gasteiger partial charge in [0.15, 0.2) is 0 Å². The summed E-state index contributed by atoms with van der Waals surface area (Å²) in [5.41, 5.74) is 5.65. The molecule has 3 aliphatic rings. The minimum absolute atomic E-state index is 0.105. The van der Waals surface area contributed by atoms with Crippen molar-refractivity contribution in [2.24, 2.45) is 5.41 Å². The van der Waals surface area contributed by atoms with Crippen LogP contribution in [0.15, 0.2) is 42.0 Å². The summed E-state index contributed by atoms with van der Waals surface area (Å²) in [6.07, 6.45) is 5.58. The van der Waals surface area contributed by atoms with Gasteiger partial charge in [0.2, 0.25) is 0 Å². The molecule has 2 atom stereocenters. The molecule has 1 nitrogen and oxygen atoms in total. The van der Waals surface area contributed by atoms with Crippen molar-refractivity contribution in [1.82, 2.24) is 0 Å². The first-order chi connectivity index (χ1) is 8.89. The van der Waals surface area contributed by atoms with Gasteiger partial charge in [0, 0.05) is 0 Å². The number of fused-ring (bicyclic) bond motifs is 4. The third kappa shape index (κ3) is 1.16. The van der Waals surface area contributed by atoms with Crippen molar-refractivity contribution in [3.05, 3.63) is 53.1 Å². The van der Waals surface area contributed by atoms with E-state index in [2.05, 4.69) is 64.1 Å². The Balaban J connectivity index is 1.94. The molecule has 1 aliphatic heterocycles. The van der Waals surface area contributed by atoms with E-state index in [0.29, 0.717) is 0 Å². The Kier molecular flexibility index (Phi) is 1.84. The van der Waals surface area contributed by atoms with E-state index in [1.54, 1.807) is 0 Å². The van der Waals surface area contributed by atoms with E-state index in [1.165, 1.54) is 22.3 Å². The first-order valence-corrected chi connectivity index (χ1v) is 7.10. The Hall–Kier alpha value is -1.34. The summed E-state index contributed by atoms with van der Waals surface area (Å²) in [6.45, 7) is 9.11. The van der Waals surface area contributed by atoms with Crippen LogP contribution in [0.4, 0.5) is 0 Å². The van der Waals surface area contributed by atoms with Crippen LogP contribution in [0.1, 0.15) is 38.8 Å². The normalized spacial score (nSPS) is 34.9. The van der Waals surface area contributed by atoms with Crippen LogP contribution >= 0.6 is 0 Å². The van der Waals surface area contributed by atoms with Crippen molar-refractivity contribution >= 4 is 5.57 Å². The van der Waals surface area contributed by atoms with Gasteiger partial charge in [-0.2, -0.15) is 0 Å². The summed E-state index contributed by atoms with van der Waals surface area (Å²) < 4.78 is 6.32. The molecule has 2 unspecified atom stereocenters. The van der Waals surface area contributed by atoms with E-state index in [0.717, 1.165) is 6.42 Å². The van der Waals surface area contributed by atoms with E-state index in [4.69, 9.17) is 4.74 Å². The highest BCUT2D eigenvalue weighted by Gasteiger charge is 2.74. The summed E-state index contributed by atoms with van der Waals surface area (Å²) in [4.78, 5) is 0. The monoisotopic (exact) mass is 252 g/mol. The van der Waals surface area contributed by atoms with Crippen LogP contribution in [0.2, 0.25) is 0 Å². The molecule has 4 rings (SSSR count). The van der Waals surface area contributed by atoms with Crippen molar-refractivity contribution < 1.29 is 4.74 Å². The molecule has 0 saturated carbocycles. The Morgan fingerprint density at radius 3 is 2.63 bits per heavy atom. The van der Waals surface area contributed by atoms with Crippen molar-refractivity contribution in [2.75, 3.05) is 0 Å². The molecule has 0 spiro atoms. The van der Waals surface area contributed by atoms with E-state index in [9.17, 15) is 0 Å². The van der Waals surface area contributed by atoms with Gasteiger partial charge in [-0.15, -0.1) is 0 Å². The van der Waals surface area contributed by atoms with Gasteiger partial charge < -0.3 is 4.74 Å². The zero-order valence-corrected chi connectivity index (χ0v) is 12.1. The summed E-state index contributed by atoms with van der Waals surface area (Å²) in [6, 6.07) is 8.76. The molecule has 2 aliphatic carbocycles. The average Bonchev–Trinajstić information content (AvgIpc) is 2.85. The molecule has 0 aromatic heterocycles. The number of rotatable bonds is 0.